The van der Waals surface area contributed by atoms with Crippen molar-refractivity contribution in [3.05, 3.63) is 51.5 Å². The molecule has 0 bridgehead atoms. The molecule has 0 radical (unpaired) electrons. The molecule has 1 aromatic heterocycles. The van der Waals surface area contributed by atoms with Gasteiger partial charge in [0.05, 0.1) is 9.77 Å². The standard InChI is InChI=1S/C16H17FN2O3S2/c17-12-6-8-13(9-7-12)24(21,22)19-18-16(20)15-10-11-4-2-1-3-5-14(11)23-15/h6-10,19H,1-5H2,(H,18,20). The molecule has 0 saturated heterocycles. The quantitative estimate of drug-likeness (QED) is 0.644. The van der Waals surface area contributed by atoms with Gasteiger partial charge in [0.2, 0.25) is 0 Å². The fourth-order valence-electron chi connectivity index (χ4n) is 2.63. The zero-order valence-electron chi connectivity index (χ0n) is 12.8. The van der Waals surface area contributed by atoms with E-state index in [1.54, 1.807) is 0 Å². The second-order valence-corrected chi connectivity index (χ2v) is 8.45. The van der Waals surface area contributed by atoms with Crippen LogP contribution in [0.3, 0.4) is 0 Å². The van der Waals surface area contributed by atoms with Crippen molar-refractivity contribution >= 4 is 27.3 Å². The minimum absolute atomic E-state index is 0.119. The molecule has 5 nitrogen and oxygen atoms in total. The molecule has 0 unspecified atom stereocenters. The summed E-state index contributed by atoms with van der Waals surface area (Å²) < 4.78 is 37.0. The number of hydrogen-bond acceptors (Lipinski definition) is 4. The van der Waals surface area contributed by atoms with Gasteiger partial charge in [0.1, 0.15) is 5.82 Å². The summed E-state index contributed by atoms with van der Waals surface area (Å²) in [4.78, 5) is 15.8. The molecule has 128 valence electrons. The zero-order chi connectivity index (χ0) is 17.2. The van der Waals surface area contributed by atoms with E-state index in [0.717, 1.165) is 49.9 Å². The number of hydrazine groups is 1. The fourth-order valence-corrected chi connectivity index (χ4v) is 4.62. The molecule has 1 aromatic carbocycles. The molecule has 0 atom stereocenters. The topological polar surface area (TPSA) is 75.3 Å². The van der Waals surface area contributed by atoms with Gasteiger partial charge in [-0.05, 0) is 61.6 Å². The highest BCUT2D eigenvalue weighted by molar-refractivity contribution is 7.89. The van der Waals surface area contributed by atoms with Crippen LogP contribution in [0.5, 0.6) is 0 Å². The van der Waals surface area contributed by atoms with E-state index in [4.69, 9.17) is 0 Å². The number of sulfonamides is 1. The van der Waals surface area contributed by atoms with Crippen LogP contribution >= 0.6 is 11.3 Å². The summed E-state index contributed by atoms with van der Waals surface area (Å²) in [6.07, 6.45) is 5.35. The number of nitrogens with one attached hydrogen (secondary N) is 2. The number of amides is 1. The average molecular weight is 368 g/mol. The number of carbonyl (C=O) groups is 1. The van der Waals surface area contributed by atoms with Crippen LogP contribution in [0.15, 0.2) is 35.2 Å². The first kappa shape index (κ1) is 17.1. The van der Waals surface area contributed by atoms with Crippen molar-refractivity contribution in [3.63, 3.8) is 0 Å². The highest BCUT2D eigenvalue weighted by Crippen LogP contribution is 2.28. The lowest BCUT2D eigenvalue weighted by Crippen LogP contribution is -2.41. The highest BCUT2D eigenvalue weighted by atomic mass is 32.2. The van der Waals surface area contributed by atoms with Gasteiger partial charge in [-0.25, -0.2) is 12.8 Å². The largest absolute Gasteiger partial charge is 0.276 e. The number of carbonyl (C=O) groups excluding carboxylic acids is 1. The lowest BCUT2D eigenvalue weighted by molar-refractivity contribution is 0.0949. The molecule has 1 amide bonds. The minimum atomic E-state index is -3.93. The monoisotopic (exact) mass is 368 g/mol. The van der Waals surface area contributed by atoms with Gasteiger partial charge >= 0.3 is 0 Å². The maximum Gasteiger partial charge on any atom is 0.276 e. The summed E-state index contributed by atoms with van der Waals surface area (Å²) in [6.45, 7) is 0. The van der Waals surface area contributed by atoms with Crippen LogP contribution in [0.25, 0.3) is 0 Å². The zero-order valence-corrected chi connectivity index (χ0v) is 14.5. The second-order valence-electron chi connectivity index (χ2n) is 5.63. The first-order valence-electron chi connectivity index (χ1n) is 7.65. The van der Waals surface area contributed by atoms with Gasteiger partial charge in [0, 0.05) is 4.88 Å². The average Bonchev–Trinajstić information content (AvgIpc) is 2.84. The Morgan fingerprint density at radius 1 is 1.08 bits per heavy atom. The van der Waals surface area contributed by atoms with Crippen molar-refractivity contribution in [3.8, 4) is 0 Å². The van der Waals surface area contributed by atoms with E-state index in [1.807, 2.05) is 10.9 Å². The van der Waals surface area contributed by atoms with Gasteiger partial charge in [-0.3, -0.25) is 10.2 Å². The van der Waals surface area contributed by atoms with Crippen LogP contribution in [-0.2, 0) is 22.9 Å². The molecule has 0 fully saturated rings. The minimum Gasteiger partial charge on any atom is -0.273 e. The predicted octanol–water partition coefficient (Wildman–Crippen LogP) is 2.78. The van der Waals surface area contributed by atoms with Gasteiger partial charge in [-0.2, -0.15) is 0 Å². The summed E-state index contributed by atoms with van der Waals surface area (Å²) in [6, 6.07) is 6.21. The predicted molar refractivity (Wildman–Crippen MR) is 89.8 cm³/mol. The molecule has 1 aliphatic carbocycles. The summed E-state index contributed by atoms with van der Waals surface area (Å²) >= 11 is 1.41. The smallest absolute Gasteiger partial charge is 0.273 e. The first-order valence-corrected chi connectivity index (χ1v) is 9.95. The van der Waals surface area contributed by atoms with E-state index in [9.17, 15) is 17.6 Å². The third kappa shape index (κ3) is 3.82. The fraction of sp³-hybridized carbons (Fsp3) is 0.312. The molecule has 1 heterocycles. The van der Waals surface area contributed by atoms with Gasteiger partial charge in [0.25, 0.3) is 15.9 Å². The number of rotatable bonds is 4. The molecule has 3 rings (SSSR count). The lowest BCUT2D eigenvalue weighted by atomic mass is 10.1. The van der Waals surface area contributed by atoms with Crippen LogP contribution in [0.2, 0.25) is 0 Å². The SMILES string of the molecule is O=C(NNS(=O)(=O)c1ccc(F)cc1)c1cc2c(s1)CCCCC2. The van der Waals surface area contributed by atoms with Gasteiger partial charge in [-0.15, -0.1) is 16.2 Å². The van der Waals surface area contributed by atoms with Crippen LogP contribution in [0, 0.1) is 5.82 Å². The Balaban J connectivity index is 1.68. The Bertz CT molecular complexity index is 821. The van der Waals surface area contributed by atoms with Crippen LogP contribution < -0.4 is 10.3 Å². The van der Waals surface area contributed by atoms with Gasteiger partial charge < -0.3 is 0 Å². The van der Waals surface area contributed by atoms with E-state index < -0.39 is 21.7 Å². The number of halogens is 1. The molecule has 0 aliphatic heterocycles. The van der Waals surface area contributed by atoms with Crippen molar-refractivity contribution in [1.82, 2.24) is 10.3 Å². The number of fused-ring (bicyclic) bond motifs is 1. The van der Waals surface area contributed by atoms with Crippen LogP contribution in [-0.4, -0.2) is 14.3 Å². The lowest BCUT2D eigenvalue weighted by Gasteiger charge is -2.07. The van der Waals surface area contributed by atoms with Crippen molar-refractivity contribution in [1.29, 1.82) is 0 Å². The third-order valence-corrected chi connectivity index (χ3v) is 6.39. The van der Waals surface area contributed by atoms with E-state index in [2.05, 4.69) is 5.43 Å². The summed E-state index contributed by atoms with van der Waals surface area (Å²) in [7, 11) is -3.93. The number of aryl methyl sites for hydroxylation is 2. The summed E-state index contributed by atoms with van der Waals surface area (Å²) in [5, 5.41) is 0. The van der Waals surface area contributed by atoms with Crippen molar-refractivity contribution in [2.45, 2.75) is 37.0 Å². The first-order chi connectivity index (χ1) is 11.5. The van der Waals surface area contributed by atoms with Crippen LogP contribution in [0.4, 0.5) is 4.39 Å². The number of benzene rings is 1. The molecule has 0 spiro atoms. The van der Waals surface area contributed by atoms with Crippen molar-refractivity contribution in [2.24, 2.45) is 0 Å². The molecular formula is C16H17FN2O3S2. The van der Waals surface area contributed by atoms with E-state index in [0.29, 0.717) is 4.88 Å². The van der Waals surface area contributed by atoms with Crippen molar-refractivity contribution in [2.75, 3.05) is 0 Å². The Morgan fingerprint density at radius 3 is 2.54 bits per heavy atom. The normalized spacial score (nSPS) is 14.7. The van der Waals surface area contributed by atoms with E-state index in [1.165, 1.54) is 28.2 Å². The molecule has 2 aromatic rings. The molecule has 2 N–H and O–H groups in total. The molecule has 24 heavy (non-hydrogen) atoms. The molecule has 1 aliphatic rings. The van der Waals surface area contributed by atoms with Gasteiger partial charge in [0.15, 0.2) is 0 Å². The molecular weight excluding hydrogens is 351 g/mol. The Morgan fingerprint density at radius 2 is 1.79 bits per heavy atom. The number of hydrogen-bond donors (Lipinski definition) is 2. The Labute approximate surface area is 143 Å². The van der Waals surface area contributed by atoms with E-state index >= 15 is 0 Å². The summed E-state index contributed by atoms with van der Waals surface area (Å²) in [5.41, 5.74) is 3.40. The highest BCUT2D eigenvalue weighted by Gasteiger charge is 2.19. The molecule has 8 heteroatoms. The Kier molecular flexibility index (Phi) is 4.98. The maximum atomic E-state index is 12.9. The second kappa shape index (κ2) is 7.00. The maximum absolute atomic E-state index is 12.9. The van der Waals surface area contributed by atoms with Gasteiger partial charge in [-0.1, -0.05) is 6.42 Å². The van der Waals surface area contributed by atoms with E-state index in [-0.39, 0.29) is 4.90 Å². The summed E-state index contributed by atoms with van der Waals surface area (Å²) in [5.74, 6) is -1.02. The van der Waals surface area contributed by atoms with Crippen LogP contribution in [0.1, 0.15) is 39.4 Å². The third-order valence-electron chi connectivity index (χ3n) is 3.89. The number of thiophene rings is 1. The molecule has 0 saturated carbocycles. The Hall–Kier alpha value is -1.77. The van der Waals surface area contributed by atoms with Crippen molar-refractivity contribution < 1.29 is 17.6 Å².